The van der Waals surface area contributed by atoms with Crippen molar-refractivity contribution in [1.82, 2.24) is 14.9 Å². The van der Waals surface area contributed by atoms with E-state index < -0.39 is 0 Å². The van der Waals surface area contributed by atoms with Gasteiger partial charge in [-0.2, -0.15) is 0 Å². The summed E-state index contributed by atoms with van der Waals surface area (Å²) in [5, 5.41) is 3.35. The third-order valence-electron chi connectivity index (χ3n) is 4.99. The van der Waals surface area contributed by atoms with Gasteiger partial charge in [0, 0.05) is 29.9 Å². The van der Waals surface area contributed by atoms with Crippen molar-refractivity contribution in [2.45, 2.75) is 13.8 Å². The normalized spacial score (nSPS) is 13.9. The molecule has 0 saturated carbocycles. The standard InChI is InChI=1S/C23H23ClN4O2/c1-15-3-5-17(6-4-15)22-19(18-13-16(2)25-20(24)14-18)7-8-21(26-22)27-23(29)28-9-11-30-12-10-28/h3-8,13-14H,9-12H2,1-2H3,(H,26,27,29). The minimum Gasteiger partial charge on any atom is -0.378 e. The van der Waals surface area contributed by atoms with Gasteiger partial charge in [-0.25, -0.2) is 14.8 Å². The highest BCUT2D eigenvalue weighted by Gasteiger charge is 2.18. The Morgan fingerprint density at radius 1 is 1.00 bits per heavy atom. The first-order valence-corrected chi connectivity index (χ1v) is 10.2. The van der Waals surface area contributed by atoms with E-state index in [9.17, 15) is 4.79 Å². The van der Waals surface area contributed by atoms with Gasteiger partial charge in [-0.3, -0.25) is 5.32 Å². The second-order valence-corrected chi connectivity index (χ2v) is 7.70. The molecular formula is C23H23ClN4O2. The Bertz CT molecular complexity index is 1040. The van der Waals surface area contributed by atoms with Crippen LogP contribution in [-0.4, -0.2) is 47.2 Å². The van der Waals surface area contributed by atoms with Gasteiger partial charge < -0.3 is 9.64 Å². The van der Waals surface area contributed by atoms with Gasteiger partial charge in [0.15, 0.2) is 0 Å². The SMILES string of the molecule is Cc1ccc(-c2nc(NC(=O)N3CCOCC3)ccc2-c2cc(C)nc(Cl)c2)cc1. The number of pyridine rings is 2. The number of rotatable bonds is 3. The first-order chi connectivity index (χ1) is 14.5. The average Bonchev–Trinajstić information content (AvgIpc) is 2.74. The average molecular weight is 423 g/mol. The molecule has 1 aromatic carbocycles. The van der Waals surface area contributed by atoms with E-state index >= 15 is 0 Å². The van der Waals surface area contributed by atoms with E-state index in [2.05, 4.69) is 10.3 Å². The second-order valence-electron chi connectivity index (χ2n) is 7.31. The highest BCUT2D eigenvalue weighted by molar-refractivity contribution is 6.29. The molecule has 0 radical (unpaired) electrons. The first-order valence-electron chi connectivity index (χ1n) is 9.86. The minimum atomic E-state index is -0.170. The highest BCUT2D eigenvalue weighted by atomic mass is 35.5. The van der Waals surface area contributed by atoms with Crippen molar-refractivity contribution in [2.24, 2.45) is 0 Å². The lowest BCUT2D eigenvalue weighted by Crippen LogP contribution is -2.43. The number of anilines is 1. The van der Waals surface area contributed by atoms with Gasteiger partial charge in [-0.15, -0.1) is 0 Å². The van der Waals surface area contributed by atoms with E-state index in [1.807, 2.05) is 62.4 Å². The Morgan fingerprint density at radius 3 is 2.43 bits per heavy atom. The van der Waals surface area contributed by atoms with E-state index in [-0.39, 0.29) is 6.03 Å². The van der Waals surface area contributed by atoms with Gasteiger partial charge in [0.1, 0.15) is 11.0 Å². The third-order valence-corrected chi connectivity index (χ3v) is 5.18. The van der Waals surface area contributed by atoms with Crippen molar-refractivity contribution in [3.8, 4) is 22.4 Å². The number of hydrogen-bond acceptors (Lipinski definition) is 4. The molecule has 3 heterocycles. The molecule has 0 aliphatic carbocycles. The summed E-state index contributed by atoms with van der Waals surface area (Å²) in [5.74, 6) is 0.502. The fraction of sp³-hybridized carbons (Fsp3) is 0.261. The van der Waals surface area contributed by atoms with Crippen molar-refractivity contribution < 1.29 is 9.53 Å². The van der Waals surface area contributed by atoms with Crippen LogP contribution in [0.1, 0.15) is 11.3 Å². The van der Waals surface area contributed by atoms with Crippen LogP contribution in [0.2, 0.25) is 5.15 Å². The van der Waals surface area contributed by atoms with E-state index in [0.717, 1.165) is 28.1 Å². The predicted octanol–water partition coefficient (Wildman–Crippen LogP) is 4.94. The van der Waals surface area contributed by atoms with Crippen LogP contribution in [-0.2, 0) is 4.74 Å². The van der Waals surface area contributed by atoms with Gasteiger partial charge in [0.05, 0.1) is 18.9 Å². The van der Waals surface area contributed by atoms with Gasteiger partial charge in [-0.05, 0) is 43.7 Å². The molecule has 2 amide bonds. The third kappa shape index (κ3) is 4.61. The van der Waals surface area contributed by atoms with Crippen molar-refractivity contribution in [3.63, 3.8) is 0 Å². The maximum Gasteiger partial charge on any atom is 0.323 e. The Balaban J connectivity index is 1.73. The smallest absolute Gasteiger partial charge is 0.323 e. The molecule has 1 aliphatic rings. The maximum absolute atomic E-state index is 12.6. The number of amides is 2. The Labute approximate surface area is 180 Å². The molecule has 4 rings (SSSR count). The number of ether oxygens (including phenoxy) is 1. The fourth-order valence-electron chi connectivity index (χ4n) is 3.43. The zero-order valence-corrected chi connectivity index (χ0v) is 17.7. The summed E-state index contributed by atoms with van der Waals surface area (Å²) >= 11 is 6.20. The van der Waals surface area contributed by atoms with E-state index in [0.29, 0.717) is 37.3 Å². The molecule has 2 aromatic heterocycles. The van der Waals surface area contributed by atoms with Crippen molar-refractivity contribution in [1.29, 1.82) is 0 Å². The number of nitrogens with zero attached hydrogens (tertiary/aromatic N) is 3. The summed E-state index contributed by atoms with van der Waals surface area (Å²) < 4.78 is 5.32. The maximum atomic E-state index is 12.6. The number of morpholine rings is 1. The molecule has 0 spiro atoms. The van der Waals surface area contributed by atoms with Gasteiger partial charge in [-0.1, -0.05) is 41.4 Å². The summed E-state index contributed by atoms with van der Waals surface area (Å²) in [5.41, 5.74) is 5.59. The monoisotopic (exact) mass is 422 g/mol. The number of benzene rings is 1. The predicted molar refractivity (Wildman–Crippen MR) is 119 cm³/mol. The largest absolute Gasteiger partial charge is 0.378 e. The van der Waals surface area contributed by atoms with E-state index in [4.69, 9.17) is 21.3 Å². The van der Waals surface area contributed by atoms with Crippen LogP contribution in [0.15, 0.2) is 48.5 Å². The molecule has 0 atom stereocenters. The van der Waals surface area contributed by atoms with Gasteiger partial charge in [0.25, 0.3) is 0 Å². The lowest BCUT2D eigenvalue weighted by atomic mass is 9.99. The number of carbonyl (C=O) groups is 1. The zero-order valence-electron chi connectivity index (χ0n) is 17.0. The lowest BCUT2D eigenvalue weighted by molar-refractivity contribution is 0.0564. The van der Waals surface area contributed by atoms with Crippen LogP contribution in [0.4, 0.5) is 10.6 Å². The molecule has 1 aliphatic heterocycles. The number of carbonyl (C=O) groups excluding carboxylic acids is 1. The molecule has 0 unspecified atom stereocenters. The van der Waals surface area contributed by atoms with Crippen LogP contribution in [0, 0.1) is 13.8 Å². The number of hydrogen-bond donors (Lipinski definition) is 1. The van der Waals surface area contributed by atoms with Crippen molar-refractivity contribution in [2.75, 3.05) is 31.6 Å². The first kappa shape index (κ1) is 20.3. The summed E-state index contributed by atoms with van der Waals surface area (Å²) in [6.07, 6.45) is 0. The molecule has 1 N–H and O–H groups in total. The van der Waals surface area contributed by atoms with Gasteiger partial charge >= 0.3 is 6.03 Å². The van der Waals surface area contributed by atoms with E-state index in [1.54, 1.807) is 4.90 Å². The summed E-state index contributed by atoms with van der Waals surface area (Å²) in [7, 11) is 0. The number of aryl methyl sites for hydroxylation is 2. The Morgan fingerprint density at radius 2 is 1.73 bits per heavy atom. The number of halogens is 1. The Hall–Kier alpha value is -2.96. The molecule has 30 heavy (non-hydrogen) atoms. The van der Waals surface area contributed by atoms with Crippen LogP contribution >= 0.6 is 11.6 Å². The van der Waals surface area contributed by atoms with Gasteiger partial charge in [0.2, 0.25) is 0 Å². The molecule has 1 saturated heterocycles. The quantitative estimate of drug-likeness (QED) is 0.607. The number of urea groups is 1. The van der Waals surface area contributed by atoms with Crippen LogP contribution in [0.25, 0.3) is 22.4 Å². The fourth-order valence-corrected chi connectivity index (χ4v) is 3.68. The van der Waals surface area contributed by atoms with E-state index in [1.165, 1.54) is 5.56 Å². The van der Waals surface area contributed by atoms with Crippen molar-refractivity contribution >= 4 is 23.4 Å². The molecule has 154 valence electrons. The lowest BCUT2D eigenvalue weighted by Gasteiger charge is -2.26. The molecule has 7 heteroatoms. The number of aromatic nitrogens is 2. The van der Waals surface area contributed by atoms with Crippen LogP contribution in [0.3, 0.4) is 0 Å². The summed E-state index contributed by atoms with van der Waals surface area (Å²) in [6.45, 7) is 6.20. The molecular weight excluding hydrogens is 400 g/mol. The summed E-state index contributed by atoms with van der Waals surface area (Å²) in [6, 6.07) is 15.6. The number of nitrogens with one attached hydrogen (secondary N) is 1. The second kappa shape index (κ2) is 8.81. The van der Waals surface area contributed by atoms with Crippen LogP contribution in [0.5, 0.6) is 0 Å². The minimum absolute atomic E-state index is 0.170. The molecule has 6 nitrogen and oxygen atoms in total. The molecule has 3 aromatic rings. The summed E-state index contributed by atoms with van der Waals surface area (Å²) in [4.78, 5) is 23.4. The zero-order chi connectivity index (χ0) is 21.1. The molecule has 0 bridgehead atoms. The van der Waals surface area contributed by atoms with Crippen molar-refractivity contribution in [3.05, 3.63) is 64.9 Å². The Kier molecular flexibility index (Phi) is 5.97. The van der Waals surface area contributed by atoms with Crippen LogP contribution < -0.4 is 5.32 Å². The molecule has 1 fully saturated rings. The highest BCUT2D eigenvalue weighted by Crippen LogP contribution is 2.33. The topological polar surface area (TPSA) is 67.4 Å².